The Bertz CT molecular complexity index is 794. The molecule has 22 heavy (non-hydrogen) atoms. The van der Waals surface area contributed by atoms with Crippen LogP contribution in [0.3, 0.4) is 0 Å². The van der Waals surface area contributed by atoms with Gasteiger partial charge in [-0.05, 0) is 11.5 Å². The van der Waals surface area contributed by atoms with Crippen LogP contribution < -0.4 is 29.6 Å². The molecule has 118 valence electrons. The van der Waals surface area contributed by atoms with E-state index in [9.17, 15) is 8.42 Å². The molecule has 8 nitrogen and oxygen atoms in total. The fourth-order valence-corrected chi connectivity index (χ4v) is 2.13. The molecule has 0 saturated heterocycles. The van der Waals surface area contributed by atoms with Gasteiger partial charge in [0, 0.05) is 5.39 Å². The predicted octanol–water partition coefficient (Wildman–Crippen LogP) is -1.63. The second kappa shape index (κ2) is 10.0. The molecular weight excluding hydrogens is 347 g/mol. The van der Waals surface area contributed by atoms with Crippen molar-refractivity contribution in [3.63, 3.8) is 0 Å². The van der Waals surface area contributed by atoms with E-state index in [2.05, 4.69) is 0 Å². The van der Waals surface area contributed by atoms with E-state index in [1.54, 1.807) is 30.3 Å². The molecule has 0 aliphatic heterocycles. The molecule has 3 N–H and O–H groups in total. The summed E-state index contributed by atoms with van der Waals surface area (Å²) in [6.45, 7) is 2.00. The van der Waals surface area contributed by atoms with Crippen molar-refractivity contribution in [2.75, 3.05) is 0 Å². The van der Waals surface area contributed by atoms with Gasteiger partial charge in [0.05, 0.1) is 0 Å². The average molecular weight is 360 g/mol. The van der Waals surface area contributed by atoms with Crippen LogP contribution >= 0.6 is 0 Å². The first kappa shape index (κ1) is 23.4. The van der Waals surface area contributed by atoms with Crippen LogP contribution in [0.1, 0.15) is 1.43 Å². The molecule has 2 rings (SSSR count). The Morgan fingerprint density at radius 1 is 0.818 bits per heavy atom. The predicted molar refractivity (Wildman–Crippen MR) is 76.2 cm³/mol. The van der Waals surface area contributed by atoms with E-state index in [-0.39, 0.29) is 35.9 Å². The minimum absolute atomic E-state index is 0. The number of benzene rings is 2. The summed E-state index contributed by atoms with van der Waals surface area (Å²) in [5.74, 6) is 0. The summed E-state index contributed by atoms with van der Waals surface area (Å²) in [4.78, 5) is 7.95. The Morgan fingerprint density at radius 3 is 1.68 bits per heavy atom. The molecular formula is C11H13NaO8S2. The van der Waals surface area contributed by atoms with Gasteiger partial charge in [-0.2, -0.15) is 16.8 Å². The van der Waals surface area contributed by atoms with Gasteiger partial charge in [-0.15, -0.1) is 0 Å². The standard InChI is InChI=1S/C10H8O3S.CH2O.Na.H2O4S.H/c11-14(12,13)10-7-3-5-8-4-1-2-6-9(8)10;1-2;;1-5(2,3)4;/h1-7H,(H,11,12,13);1H2;;(H2,1,2,3,4);/q;;+1;;-1. The van der Waals surface area contributed by atoms with E-state index in [4.69, 9.17) is 26.9 Å². The second-order valence-electron chi connectivity index (χ2n) is 3.40. The monoisotopic (exact) mass is 360 g/mol. The van der Waals surface area contributed by atoms with Crippen LogP contribution in [0.2, 0.25) is 0 Å². The first-order chi connectivity index (χ1) is 9.59. The van der Waals surface area contributed by atoms with Crippen molar-refractivity contribution in [3.05, 3.63) is 42.5 Å². The van der Waals surface area contributed by atoms with Crippen LogP contribution in [0.4, 0.5) is 0 Å². The van der Waals surface area contributed by atoms with Crippen molar-refractivity contribution in [1.29, 1.82) is 0 Å². The molecule has 0 atom stereocenters. The van der Waals surface area contributed by atoms with E-state index in [1.165, 1.54) is 6.07 Å². The van der Waals surface area contributed by atoms with Crippen molar-refractivity contribution >= 4 is 38.1 Å². The smallest absolute Gasteiger partial charge is 1.00 e. The molecule has 0 radical (unpaired) electrons. The third-order valence-electron chi connectivity index (χ3n) is 2.03. The maximum Gasteiger partial charge on any atom is 1.00 e. The summed E-state index contributed by atoms with van der Waals surface area (Å²) in [5, 5.41) is 1.33. The number of carbonyl (C=O) groups excluding carboxylic acids is 1. The zero-order valence-electron chi connectivity index (χ0n) is 12.4. The van der Waals surface area contributed by atoms with Crippen LogP contribution in [-0.4, -0.2) is 37.3 Å². The van der Waals surface area contributed by atoms with Crippen molar-refractivity contribution < 1.29 is 66.3 Å². The van der Waals surface area contributed by atoms with E-state index < -0.39 is 20.5 Å². The molecule has 0 spiro atoms. The van der Waals surface area contributed by atoms with Gasteiger partial charge >= 0.3 is 40.0 Å². The molecule has 0 unspecified atom stereocenters. The molecule has 0 fully saturated rings. The molecule has 11 heteroatoms. The molecule has 0 saturated carbocycles. The molecule has 0 heterocycles. The van der Waals surface area contributed by atoms with Gasteiger partial charge in [-0.25, -0.2) is 0 Å². The molecule has 2 aromatic rings. The summed E-state index contributed by atoms with van der Waals surface area (Å²) in [5.41, 5.74) is 0. The van der Waals surface area contributed by atoms with Crippen molar-refractivity contribution in [2.45, 2.75) is 4.90 Å². The number of rotatable bonds is 1. The van der Waals surface area contributed by atoms with Crippen LogP contribution in [-0.2, 0) is 25.3 Å². The molecule has 0 bridgehead atoms. The van der Waals surface area contributed by atoms with Crippen LogP contribution in [0.5, 0.6) is 0 Å². The maximum absolute atomic E-state index is 11.0. The number of fused-ring (bicyclic) bond motifs is 1. The van der Waals surface area contributed by atoms with Crippen molar-refractivity contribution in [2.24, 2.45) is 0 Å². The summed E-state index contributed by atoms with van der Waals surface area (Å²) < 4.78 is 62.5. The van der Waals surface area contributed by atoms with Crippen molar-refractivity contribution in [3.8, 4) is 0 Å². The summed E-state index contributed by atoms with van der Waals surface area (Å²) in [7, 11) is -8.80. The summed E-state index contributed by atoms with van der Waals surface area (Å²) >= 11 is 0. The maximum atomic E-state index is 11.0. The van der Waals surface area contributed by atoms with Gasteiger partial charge in [0.1, 0.15) is 11.7 Å². The number of carbonyl (C=O) groups is 1. The van der Waals surface area contributed by atoms with Crippen LogP contribution in [0.15, 0.2) is 47.4 Å². The normalized spacial score (nSPS) is 10.3. The third kappa shape index (κ3) is 9.23. The van der Waals surface area contributed by atoms with E-state index in [1.807, 2.05) is 12.9 Å². The Morgan fingerprint density at radius 2 is 1.23 bits per heavy atom. The number of hydrogen-bond acceptors (Lipinski definition) is 5. The van der Waals surface area contributed by atoms with Crippen molar-refractivity contribution in [1.82, 2.24) is 0 Å². The molecule has 0 amide bonds. The topological polar surface area (TPSA) is 146 Å². The minimum Gasteiger partial charge on any atom is -1.00 e. The fraction of sp³-hybridized carbons (Fsp3) is 0. The van der Waals surface area contributed by atoms with Gasteiger partial charge in [0.25, 0.3) is 10.1 Å². The van der Waals surface area contributed by atoms with Gasteiger partial charge in [-0.1, -0.05) is 36.4 Å². The molecule has 0 aliphatic rings. The number of hydrogen-bond donors (Lipinski definition) is 3. The SMILES string of the molecule is C=O.O=S(=O)(O)O.O=S(=O)(O)c1cccc2ccccc12.[H-].[Na+]. The van der Waals surface area contributed by atoms with Gasteiger partial charge in [0.2, 0.25) is 0 Å². The Kier molecular flexibility index (Phi) is 10.7. The van der Waals surface area contributed by atoms with E-state index >= 15 is 0 Å². The largest absolute Gasteiger partial charge is 1.00 e. The third-order valence-corrected chi connectivity index (χ3v) is 2.94. The first-order valence-corrected chi connectivity index (χ1v) is 7.87. The second-order valence-corrected chi connectivity index (χ2v) is 5.69. The molecule has 0 aliphatic carbocycles. The zero-order valence-corrected chi connectivity index (χ0v) is 15.1. The van der Waals surface area contributed by atoms with Crippen LogP contribution in [0, 0.1) is 0 Å². The van der Waals surface area contributed by atoms with E-state index in [0.29, 0.717) is 5.39 Å². The van der Waals surface area contributed by atoms with Gasteiger partial charge in [0.15, 0.2) is 0 Å². The van der Waals surface area contributed by atoms with Gasteiger partial charge in [-0.3, -0.25) is 13.7 Å². The van der Waals surface area contributed by atoms with Crippen LogP contribution in [0.25, 0.3) is 10.8 Å². The minimum atomic E-state index is -4.67. The average Bonchev–Trinajstić information content (AvgIpc) is 2.37. The summed E-state index contributed by atoms with van der Waals surface area (Å²) in [6.07, 6.45) is 0. The zero-order chi connectivity index (χ0) is 16.7. The molecule has 2 aromatic carbocycles. The summed E-state index contributed by atoms with van der Waals surface area (Å²) in [6, 6.07) is 11.8. The molecule has 0 aromatic heterocycles. The Balaban J connectivity index is -0.000000387. The fourth-order valence-electron chi connectivity index (χ4n) is 1.42. The Hall–Kier alpha value is -0.850. The quantitative estimate of drug-likeness (QED) is 0.406. The first-order valence-electron chi connectivity index (χ1n) is 5.03. The Labute approximate surface area is 151 Å². The van der Waals surface area contributed by atoms with Gasteiger partial charge < -0.3 is 6.22 Å². The van der Waals surface area contributed by atoms with E-state index in [0.717, 1.165) is 5.39 Å².